The number of nitrogens with one attached hydrogen (secondary N) is 2. The van der Waals surface area contributed by atoms with Crippen LogP contribution in [0.2, 0.25) is 0 Å². The number of hydrogen-bond acceptors (Lipinski definition) is 3. The number of hydrogen-bond donors (Lipinski definition) is 2. The van der Waals surface area contributed by atoms with Crippen molar-refractivity contribution in [3.05, 3.63) is 17.5 Å². The molecular formula is C12H16F3N3O2. The number of aromatic amines is 1. The van der Waals surface area contributed by atoms with Gasteiger partial charge < -0.3 is 10.1 Å². The van der Waals surface area contributed by atoms with Crippen molar-refractivity contribution in [2.24, 2.45) is 0 Å². The minimum absolute atomic E-state index is 0.0417. The smallest absolute Gasteiger partial charge is 0.381 e. The van der Waals surface area contributed by atoms with E-state index in [2.05, 4.69) is 10.4 Å². The molecule has 0 atom stereocenters. The number of rotatable bonds is 3. The number of methoxy groups -OCH3 is 1. The van der Waals surface area contributed by atoms with E-state index in [9.17, 15) is 18.0 Å². The standard InChI is InChI=1S/C12H16F3N3O2/c1-20-8-4-2-7(3-5-8)16-11(19)9-6-10(18-17-9)12(13,14)15/h6-8H,2-5H2,1H3,(H,16,19)(H,17,18). The maximum absolute atomic E-state index is 12.4. The second-order valence-corrected chi connectivity index (χ2v) is 4.85. The molecule has 2 rings (SSSR count). The molecule has 5 nitrogen and oxygen atoms in total. The van der Waals surface area contributed by atoms with Crippen molar-refractivity contribution in [3.8, 4) is 0 Å². The van der Waals surface area contributed by atoms with E-state index < -0.39 is 17.8 Å². The van der Waals surface area contributed by atoms with Crippen LogP contribution in [0.5, 0.6) is 0 Å². The van der Waals surface area contributed by atoms with Crippen molar-refractivity contribution in [1.82, 2.24) is 15.5 Å². The van der Waals surface area contributed by atoms with Crippen LogP contribution >= 0.6 is 0 Å². The molecule has 0 bridgehead atoms. The summed E-state index contributed by atoms with van der Waals surface area (Å²) in [7, 11) is 1.64. The van der Waals surface area contributed by atoms with E-state index in [4.69, 9.17) is 4.74 Å². The molecule has 1 aromatic heterocycles. The Morgan fingerprint density at radius 2 is 2.05 bits per heavy atom. The Hall–Kier alpha value is -1.57. The fraction of sp³-hybridized carbons (Fsp3) is 0.667. The summed E-state index contributed by atoms with van der Waals surface area (Å²) in [5.74, 6) is -0.586. The monoisotopic (exact) mass is 291 g/mol. The number of aromatic nitrogens is 2. The van der Waals surface area contributed by atoms with E-state index in [1.54, 1.807) is 7.11 Å². The molecule has 1 amide bonds. The Morgan fingerprint density at radius 1 is 1.40 bits per heavy atom. The van der Waals surface area contributed by atoms with E-state index >= 15 is 0 Å². The zero-order chi connectivity index (χ0) is 14.8. The average Bonchev–Trinajstić information content (AvgIpc) is 2.89. The van der Waals surface area contributed by atoms with Gasteiger partial charge in [-0.25, -0.2) is 0 Å². The Labute approximate surface area is 113 Å². The normalized spacial score (nSPS) is 23.6. The summed E-state index contributed by atoms with van der Waals surface area (Å²) in [4.78, 5) is 11.8. The lowest BCUT2D eigenvalue weighted by Gasteiger charge is -2.27. The Bertz CT molecular complexity index is 465. The van der Waals surface area contributed by atoms with Gasteiger partial charge in [0.1, 0.15) is 5.69 Å². The minimum Gasteiger partial charge on any atom is -0.381 e. The molecule has 1 heterocycles. The molecular weight excluding hydrogens is 275 g/mol. The summed E-state index contributed by atoms with van der Waals surface area (Å²) in [5, 5.41) is 7.92. The lowest BCUT2D eigenvalue weighted by Crippen LogP contribution is -2.39. The number of H-pyrrole nitrogens is 1. The zero-order valence-corrected chi connectivity index (χ0v) is 11.0. The van der Waals surface area contributed by atoms with Gasteiger partial charge >= 0.3 is 6.18 Å². The summed E-state index contributed by atoms with van der Waals surface area (Å²) in [6, 6.07) is 0.677. The molecule has 0 saturated heterocycles. The molecule has 20 heavy (non-hydrogen) atoms. The molecule has 8 heteroatoms. The molecule has 2 N–H and O–H groups in total. The lowest BCUT2D eigenvalue weighted by molar-refractivity contribution is -0.141. The molecule has 1 aromatic rings. The van der Waals surface area contributed by atoms with Crippen molar-refractivity contribution >= 4 is 5.91 Å². The molecule has 0 unspecified atom stereocenters. The van der Waals surface area contributed by atoms with Gasteiger partial charge in [0, 0.05) is 19.2 Å². The van der Waals surface area contributed by atoms with Gasteiger partial charge in [0.2, 0.25) is 0 Å². The van der Waals surface area contributed by atoms with E-state index in [0.29, 0.717) is 0 Å². The quantitative estimate of drug-likeness (QED) is 0.896. The van der Waals surface area contributed by atoms with Crippen molar-refractivity contribution < 1.29 is 22.7 Å². The Morgan fingerprint density at radius 3 is 2.55 bits per heavy atom. The van der Waals surface area contributed by atoms with E-state index in [-0.39, 0.29) is 17.8 Å². The number of ether oxygens (including phenoxy) is 1. The van der Waals surface area contributed by atoms with Crippen molar-refractivity contribution in [2.45, 2.75) is 44.0 Å². The fourth-order valence-corrected chi connectivity index (χ4v) is 2.29. The van der Waals surface area contributed by atoms with Crippen molar-refractivity contribution in [2.75, 3.05) is 7.11 Å². The first-order valence-corrected chi connectivity index (χ1v) is 6.36. The van der Waals surface area contributed by atoms with Gasteiger partial charge in [-0.2, -0.15) is 18.3 Å². The summed E-state index contributed by atoms with van der Waals surface area (Å²) in [5.41, 5.74) is -1.27. The number of carbonyl (C=O) groups excluding carboxylic acids is 1. The molecule has 0 radical (unpaired) electrons. The second kappa shape index (κ2) is 5.82. The molecule has 1 aliphatic carbocycles. The summed E-state index contributed by atoms with van der Waals surface area (Å²) >= 11 is 0. The topological polar surface area (TPSA) is 67.0 Å². The molecule has 0 aliphatic heterocycles. The first kappa shape index (κ1) is 14.8. The number of alkyl halides is 3. The third-order valence-electron chi connectivity index (χ3n) is 3.46. The fourth-order valence-electron chi connectivity index (χ4n) is 2.29. The van der Waals surface area contributed by atoms with Gasteiger partial charge in [0.15, 0.2) is 5.69 Å². The van der Waals surface area contributed by atoms with Gasteiger partial charge in [-0.05, 0) is 25.7 Å². The minimum atomic E-state index is -4.53. The summed E-state index contributed by atoms with van der Waals surface area (Å²) in [6.45, 7) is 0. The molecule has 0 spiro atoms. The third kappa shape index (κ3) is 3.50. The van der Waals surface area contributed by atoms with E-state index in [1.807, 2.05) is 5.10 Å². The molecule has 1 fully saturated rings. The van der Waals surface area contributed by atoms with Gasteiger partial charge in [0.05, 0.1) is 6.10 Å². The average molecular weight is 291 g/mol. The van der Waals surface area contributed by atoms with E-state index in [1.165, 1.54) is 0 Å². The molecule has 1 saturated carbocycles. The number of halogens is 3. The van der Waals surface area contributed by atoms with Crippen LogP contribution in [0.15, 0.2) is 6.07 Å². The molecule has 112 valence electrons. The Balaban J connectivity index is 1.91. The molecule has 0 aromatic carbocycles. The van der Waals surface area contributed by atoms with Gasteiger partial charge in [0.25, 0.3) is 5.91 Å². The number of carbonyl (C=O) groups is 1. The van der Waals surface area contributed by atoms with E-state index in [0.717, 1.165) is 31.7 Å². The van der Waals surface area contributed by atoms with Gasteiger partial charge in [-0.3, -0.25) is 9.89 Å². The van der Waals surface area contributed by atoms with Crippen molar-refractivity contribution in [1.29, 1.82) is 0 Å². The summed E-state index contributed by atoms with van der Waals surface area (Å²) in [6.07, 6.45) is -1.17. The predicted octanol–water partition coefficient (Wildman–Crippen LogP) is 2.12. The van der Waals surface area contributed by atoms with Crippen LogP contribution in [0, 0.1) is 0 Å². The molecule has 1 aliphatic rings. The highest BCUT2D eigenvalue weighted by Crippen LogP contribution is 2.27. The van der Waals surface area contributed by atoms with Crippen LogP contribution in [0.1, 0.15) is 41.9 Å². The van der Waals surface area contributed by atoms with Crippen LogP contribution in [-0.2, 0) is 10.9 Å². The van der Waals surface area contributed by atoms with Crippen LogP contribution in [0.3, 0.4) is 0 Å². The van der Waals surface area contributed by atoms with Crippen LogP contribution in [0.25, 0.3) is 0 Å². The van der Waals surface area contributed by atoms with Gasteiger partial charge in [-0.15, -0.1) is 0 Å². The SMILES string of the molecule is COC1CCC(NC(=O)c2cc(C(F)(F)F)[nH]n2)CC1. The first-order chi connectivity index (χ1) is 9.40. The Kier molecular flexibility index (Phi) is 4.32. The predicted molar refractivity (Wildman–Crippen MR) is 64.1 cm³/mol. The van der Waals surface area contributed by atoms with Crippen LogP contribution < -0.4 is 5.32 Å². The highest BCUT2D eigenvalue weighted by molar-refractivity contribution is 5.92. The second-order valence-electron chi connectivity index (χ2n) is 4.85. The number of nitrogens with zero attached hydrogens (tertiary/aromatic N) is 1. The highest BCUT2D eigenvalue weighted by atomic mass is 19.4. The van der Waals surface area contributed by atoms with Gasteiger partial charge in [-0.1, -0.05) is 0 Å². The zero-order valence-electron chi connectivity index (χ0n) is 11.0. The van der Waals surface area contributed by atoms with Crippen molar-refractivity contribution in [3.63, 3.8) is 0 Å². The highest BCUT2D eigenvalue weighted by Gasteiger charge is 2.34. The maximum Gasteiger partial charge on any atom is 0.432 e. The first-order valence-electron chi connectivity index (χ1n) is 6.36. The third-order valence-corrected chi connectivity index (χ3v) is 3.46. The number of amides is 1. The maximum atomic E-state index is 12.4. The van der Waals surface area contributed by atoms with Crippen LogP contribution in [-0.4, -0.2) is 35.4 Å². The lowest BCUT2D eigenvalue weighted by atomic mass is 9.93. The summed E-state index contributed by atoms with van der Waals surface area (Å²) < 4.78 is 42.4. The van der Waals surface area contributed by atoms with Crippen LogP contribution in [0.4, 0.5) is 13.2 Å². The largest absolute Gasteiger partial charge is 0.432 e.